The van der Waals surface area contributed by atoms with E-state index in [0.717, 1.165) is 56.6 Å². The molecule has 134 valence electrons. The molecule has 25 heavy (non-hydrogen) atoms. The molecule has 0 saturated carbocycles. The van der Waals surface area contributed by atoms with Crippen LogP contribution in [0.1, 0.15) is 13.8 Å². The molecular weight excluding hydrogens is 312 g/mol. The first-order valence-electron chi connectivity index (χ1n) is 9.07. The molecule has 0 atom stereocenters. The fraction of sp³-hybridized carbons (Fsp3) is 0.474. The Morgan fingerprint density at radius 1 is 1.00 bits per heavy atom. The van der Waals surface area contributed by atoms with Gasteiger partial charge in [-0.2, -0.15) is 0 Å². The van der Waals surface area contributed by atoms with Gasteiger partial charge in [-0.05, 0) is 45.2 Å². The van der Waals surface area contributed by atoms with E-state index in [1.54, 1.807) is 6.33 Å². The number of likely N-dealkylation sites (N-methyl/N-ethyl adjacent to an activating group) is 1. The number of nitrogens with zero attached hydrogens (tertiary/aromatic N) is 5. The predicted molar refractivity (Wildman–Crippen MR) is 105 cm³/mol. The van der Waals surface area contributed by atoms with Crippen molar-refractivity contribution in [3.05, 3.63) is 36.7 Å². The van der Waals surface area contributed by atoms with Crippen molar-refractivity contribution in [3.8, 4) is 0 Å². The van der Waals surface area contributed by atoms with Crippen molar-refractivity contribution in [2.45, 2.75) is 13.8 Å². The second-order valence-corrected chi connectivity index (χ2v) is 6.40. The zero-order chi connectivity index (χ0) is 17.6. The lowest BCUT2D eigenvalue weighted by molar-refractivity contribution is 0.313. The summed E-state index contributed by atoms with van der Waals surface area (Å²) < 4.78 is 0. The van der Waals surface area contributed by atoms with E-state index >= 15 is 0 Å². The van der Waals surface area contributed by atoms with Gasteiger partial charge >= 0.3 is 0 Å². The highest BCUT2D eigenvalue weighted by molar-refractivity contribution is 5.62. The molecule has 3 rings (SSSR count). The van der Waals surface area contributed by atoms with Crippen molar-refractivity contribution in [3.63, 3.8) is 0 Å². The third-order valence-electron chi connectivity index (χ3n) is 4.75. The quantitative estimate of drug-likeness (QED) is 0.872. The van der Waals surface area contributed by atoms with Crippen LogP contribution in [0.3, 0.4) is 0 Å². The lowest BCUT2D eigenvalue weighted by Gasteiger charge is -2.34. The summed E-state index contributed by atoms with van der Waals surface area (Å²) in [4.78, 5) is 15.7. The number of benzene rings is 1. The minimum atomic E-state index is 0.823. The van der Waals surface area contributed by atoms with Crippen molar-refractivity contribution < 1.29 is 0 Å². The number of anilines is 4. The number of rotatable bonds is 6. The van der Waals surface area contributed by atoms with E-state index in [-0.39, 0.29) is 0 Å². The van der Waals surface area contributed by atoms with Gasteiger partial charge in [0, 0.05) is 56.7 Å². The molecule has 1 aromatic carbocycles. The zero-order valence-corrected chi connectivity index (χ0v) is 15.4. The monoisotopic (exact) mass is 340 g/mol. The van der Waals surface area contributed by atoms with Crippen LogP contribution in [-0.2, 0) is 0 Å². The molecule has 1 aliphatic heterocycles. The lowest BCUT2D eigenvalue weighted by Crippen LogP contribution is -2.44. The van der Waals surface area contributed by atoms with Gasteiger partial charge in [0.15, 0.2) is 0 Å². The van der Waals surface area contributed by atoms with Crippen molar-refractivity contribution in [1.29, 1.82) is 0 Å². The van der Waals surface area contributed by atoms with Crippen LogP contribution >= 0.6 is 0 Å². The third kappa shape index (κ3) is 4.39. The fourth-order valence-corrected chi connectivity index (χ4v) is 3.10. The molecule has 1 aliphatic rings. The van der Waals surface area contributed by atoms with Crippen LogP contribution in [-0.4, -0.2) is 61.2 Å². The van der Waals surface area contributed by atoms with Gasteiger partial charge in [0.05, 0.1) is 0 Å². The van der Waals surface area contributed by atoms with Crippen molar-refractivity contribution in [2.75, 3.05) is 61.4 Å². The van der Waals surface area contributed by atoms with Gasteiger partial charge < -0.3 is 20.0 Å². The maximum absolute atomic E-state index is 4.37. The Labute approximate surface area is 150 Å². The van der Waals surface area contributed by atoms with E-state index in [1.807, 2.05) is 6.07 Å². The van der Waals surface area contributed by atoms with E-state index in [9.17, 15) is 0 Å². The number of nitrogens with one attached hydrogen (secondary N) is 1. The first-order valence-corrected chi connectivity index (χ1v) is 9.07. The highest BCUT2D eigenvalue weighted by Crippen LogP contribution is 2.22. The molecule has 1 N–H and O–H groups in total. The van der Waals surface area contributed by atoms with Gasteiger partial charge in [-0.1, -0.05) is 0 Å². The molecular formula is C19H28N6. The van der Waals surface area contributed by atoms with Crippen molar-refractivity contribution in [1.82, 2.24) is 14.9 Å². The third-order valence-corrected chi connectivity index (χ3v) is 4.75. The predicted octanol–water partition coefficient (Wildman–Crippen LogP) is 2.82. The molecule has 0 radical (unpaired) electrons. The molecule has 2 aromatic rings. The van der Waals surface area contributed by atoms with E-state index in [1.165, 1.54) is 5.69 Å². The molecule has 1 fully saturated rings. The van der Waals surface area contributed by atoms with Gasteiger partial charge in [-0.15, -0.1) is 0 Å². The Hall–Kier alpha value is -2.34. The van der Waals surface area contributed by atoms with Crippen LogP contribution in [0.15, 0.2) is 36.7 Å². The molecule has 0 spiro atoms. The Kier molecular flexibility index (Phi) is 5.71. The van der Waals surface area contributed by atoms with Gasteiger partial charge in [0.1, 0.15) is 18.0 Å². The van der Waals surface area contributed by atoms with Crippen molar-refractivity contribution in [2.24, 2.45) is 0 Å². The van der Waals surface area contributed by atoms with Crippen LogP contribution in [0.5, 0.6) is 0 Å². The summed E-state index contributed by atoms with van der Waals surface area (Å²) in [7, 11) is 2.18. The minimum Gasteiger partial charge on any atom is -0.369 e. The molecule has 6 nitrogen and oxygen atoms in total. The van der Waals surface area contributed by atoms with E-state index in [0.29, 0.717) is 0 Å². The summed E-state index contributed by atoms with van der Waals surface area (Å²) in [6, 6.07) is 10.6. The van der Waals surface area contributed by atoms with Gasteiger partial charge in [-0.3, -0.25) is 0 Å². The molecule has 2 heterocycles. The molecule has 1 aromatic heterocycles. The van der Waals surface area contributed by atoms with Crippen molar-refractivity contribution >= 4 is 23.0 Å². The van der Waals surface area contributed by atoms with Crippen LogP contribution in [0.4, 0.5) is 23.0 Å². The molecule has 6 heteroatoms. The van der Waals surface area contributed by atoms with E-state index in [4.69, 9.17) is 0 Å². The van der Waals surface area contributed by atoms with Crippen LogP contribution in [0.2, 0.25) is 0 Å². The molecule has 1 saturated heterocycles. The van der Waals surface area contributed by atoms with Gasteiger partial charge in [0.2, 0.25) is 0 Å². The normalized spacial score (nSPS) is 15.2. The summed E-state index contributed by atoms with van der Waals surface area (Å²) in [6.45, 7) is 10.6. The maximum Gasteiger partial charge on any atom is 0.135 e. The number of aromatic nitrogens is 2. The Bertz CT molecular complexity index is 660. The SMILES string of the molecule is CCN(CC)c1cc(Nc2ccc(N3CCN(C)CC3)cc2)ncn1. The highest BCUT2D eigenvalue weighted by Gasteiger charge is 2.14. The Balaban J connectivity index is 1.66. The molecule has 0 aliphatic carbocycles. The maximum atomic E-state index is 4.37. The average Bonchev–Trinajstić information content (AvgIpc) is 2.65. The largest absolute Gasteiger partial charge is 0.369 e. The first-order chi connectivity index (χ1) is 12.2. The minimum absolute atomic E-state index is 0.823. The van der Waals surface area contributed by atoms with Crippen LogP contribution in [0.25, 0.3) is 0 Å². The summed E-state index contributed by atoms with van der Waals surface area (Å²) >= 11 is 0. The highest BCUT2D eigenvalue weighted by atomic mass is 15.2. The lowest BCUT2D eigenvalue weighted by atomic mass is 10.2. The number of hydrogen-bond donors (Lipinski definition) is 1. The first kappa shape index (κ1) is 17.5. The van der Waals surface area contributed by atoms with Gasteiger partial charge in [-0.25, -0.2) is 9.97 Å². The van der Waals surface area contributed by atoms with E-state index in [2.05, 4.69) is 75.1 Å². The topological polar surface area (TPSA) is 47.5 Å². The average molecular weight is 340 g/mol. The zero-order valence-electron chi connectivity index (χ0n) is 15.4. The molecule has 0 unspecified atom stereocenters. The standard InChI is InChI=1S/C19H28N6/c1-4-24(5-2)19-14-18(20-15-21-19)22-16-6-8-17(9-7-16)25-12-10-23(3)11-13-25/h6-9,14-15H,4-5,10-13H2,1-3H3,(H,20,21,22). The molecule has 0 bridgehead atoms. The number of piperazine rings is 1. The Morgan fingerprint density at radius 2 is 1.68 bits per heavy atom. The second kappa shape index (κ2) is 8.16. The Morgan fingerprint density at radius 3 is 2.32 bits per heavy atom. The van der Waals surface area contributed by atoms with Gasteiger partial charge in [0.25, 0.3) is 0 Å². The van der Waals surface area contributed by atoms with Crippen LogP contribution in [0, 0.1) is 0 Å². The molecule has 0 amide bonds. The summed E-state index contributed by atoms with van der Waals surface area (Å²) in [5.41, 5.74) is 2.33. The summed E-state index contributed by atoms with van der Waals surface area (Å²) in [6.07, 6.45) is 1.62. The smallest absolute Gasteiger partial charge is 0.135 e. The number of hydrogen-bond acceptors (Lipinski definition) is 6. The van der Waals surface area contributed by atoms with E-state index < -0.39 is 0 Å². The summed E-state index contributed by atoms with van der Waals surface area (Å²) in [5, 5.41) is 3.38. The second-order valence-electron chi connectivity index (χ2n) is 6.40. The van der Waals surface area contributed by atoms with Crippen LogP contribution < -0.4 is 15.1 Å². The summed E-state index contributed by atoms with van der Waals surface area (Å²) in [5.74, 6) is 1.78. The fourth-order valence-electron chi connectivity index (χ4n) is 3.10.